The van der Waals surface area contributed by atoms with Crippen molar-refractivity contribution in [2.75, 3.05) is 31.6 Å². The molecule has 3 N–H and O–H groups in total. The van der Waals surface area contributed by atoms with E-state index >= 15 is 0 Å². The second-order valence-corrected chi connectivity index (χ2v) is 9.41. The first-order chi connectivity index (χ1) is 16.3. The van der Waals surface area contributed by atoms with Crippen LogP contribution in [0.1, 0.15) is 62.7 Å². The molecule has 1 saturated heterocycles. The zero-order valence-corrected chi connectivity index (χ0v) is 20.1. The fourth-order valence-corrected chi connectivity index (χ4v) is 4.23. The minimum atomic E-state index is -0.881. The molecule has 9 nitrogen and oxygen atoms in total. The van der Waals surface area contributed by atoms with Crippen LogP contribution in [0.3, 0.4) is 0 Å². The molecule has 1 aromatic rings. The van der Waals surface area contributed by atoms with Gasteiger partial charge in [-0.2, -0.15) is 0 Å². The van der Waals surface area contributed by atoms with E-state index in [0.29, 0.717) is 24.3 Å². The number of hydrogen-bond acceptors (Lipinski definition) is 6. The smallest absolute Gasteiger partial charge is 0.308 e. The number of hydrogen-bond donors (Lipinski definition) is 3. The molecular weight excluding hydrogens is 436 g/mol. The Morgan fingerprint density at radius 2 is 1.82 bits per heavy atom. The molecule has 0 radical (unpaired) electrons. The Hall–Kier alpha value is -3.10. The van der Waals surface area contributed by atoms with Crippen LogP contribution < -0.4 is 16.0 Å². The number of anilines is 1. The maximum Gasteiger partial charge on any atom is 0.308 e. The van der Waals surface area contributed by atoms with Crippen LogP contribution in [0.4, 0.5) is 5.69 Å². The van der Waals surface area contributed by atoms with Crippen molar-refractivity contribution in [3.05, 3.63) is 29.8 Å². The maximum absolute atomic E-state index is 12.8. The van der Waals surface area contributed by atoms with Crippen LogP contribution in [0.2, 0.25) is 0 Å². The number of nitrogens with zero attached hydrogens (tertiary/aromatic N) is 1. The van der Waals surface area contributed by atoms with E-state index in [1.807, 2.05) is 13.8 Å². The summed E-state index contributed by atoms with van der Waals surface area (Å²) in [7, 11) is 0. The monoisotopic (exact) mass is 472 g/mol. The molecule has 1 aliphatic heterocycles. The van der Waals surface area contributed by atoms with Crippen molar-refractivity contribution in [1.82, 2.24) is 15.5 Å². The van der Waals surface area contributed by atoms with Gasteiger partial charge in [-0.25, -0.2) is 0 Å². The predicted molar refractivity (Wildman–Crippen MR) is 128 cm³/mol. The molecule has 2 fully saturated rings. The summed E-state index contributed by atoms with van der Waals surface area (Å²) in [5.74, 6) is -1.02. The van der Waals surface area contributed by atoms with Crippen molar-refractivity contribution in [1.29, 1.82) is 0 Å². The van der Waals surface area contributed by atoms with Gasteiger partial charge in [-0.1, -0.05) is 33.1 Å². The number of carbonyl (C=O) groups is 4. The van der Waals surface area contributed by atoms with Crippen molar-refractivity contribution >= 4 is 29.4 Å². The average molecular weight is 473 g/mol. The Labute approximate surface area is 201 Å². The van der Waals surface area contributed by atoms with Gasteiger partial charge >= 0.3 is 5.97 Å². The zero-order valence-electron chi connectivity index (χ0n) is 20.1. The number of ether oxygens (including phenoxy) is 1. The summed E-state index contributed by atoms with van der Waals surface area (Å²) >= 11 is 0. The standard InChI is InChI=1S/C25H36N4O5/c1-17(2)16-34-23(31)14-21-25(33)26-12-13-29(21)22(30)15-27-19-10-8-18(9-11-19)24(32)28-20-6-4-3-5-7-20/h8-11,17,20-21,27H,3-7,12-16H2,1-2H3,(H,26,33)(H,28,32). The van der Waals surface area contributed by atoms with Gasteiger partial charge in [0.1, 0.15) is 6.04 Å². The molecule has 1 aliphatic carbocycles. The topological polar surface area (TPSA) is 117 Å². The molecule has 2 aliphatic rings. The summed E-state index contributed by atoms with van der Waals surface area (Å²) in [5, 5.41) is 8.85. The van der Waals surface area contributed by atoms with Gasteiger partial charge in [0, 0.05) is 30.4 Å². The summed E-state index contributed by atoms with van der Waals surface area (Å²) in [6, 6.07) is 6.33. The molecule has 3 rings (SSSR count). The Morgan fingerprint density at radius 3 is 2.50 bits per heavy atom. The maximum atomic E-state index is 12.8. The fraction of sp³-hybridized carbons (Fsp3) is 0.600. The summed E-state index contributed by atoms with van der Waals surface area (Å²) in [4.78, 5) is 51.2. The molecule has 0 spiro atoms. The lowest BCUT2D eigenvalue weighted by Crippen LogP contribution is -2.58. The Bertz CT molecular complexity index is 865. The quantitative estimate of drug-likeness (QED) is 0.474. The lowest BCUT2D eigenvalue weighted by molar-refractivity contribution is -0.152. The van der Waals surface area contributed by atoms with E-state index in [0.717, 1.165) is 25.7 Å². The van der Waals surface area contributed by atoms with E-state index in [2.05, 4.69) is 16.0 Å². The lowest BCUT2D eigenvalue weighted by atomic mass is 9.95. The molecule has 1 heterocycles. The molecule has 1 atom stereocenters. The van der Waals surface area contributed by atoms with Crippen LogP contribution >= 0.6 is 0 Å². The predicted octanol–water partition coefficient (Wildman–Crippen LogP) is 2.08. The molecule has 1 unspecified atom stereocenters. The fourth-order valence-electron chi connectivity index (χ4n) is 4.23. The highest BCUT2D eigenvalue weighted by Crippen LogP contribution is 2.18. The second kappa shape index (κ2) is 12.4. The molecule has 0 aromatic heterocycles. The number of amides is 3. The Balaban J connectivity index is 1.51. The molecule has 186 valence electrons. The van der Waals surface area contributed by atoms with Gasteiger partial charge in [0.25, 0.3) is 5.91 Å². The average Bonchev–Trinajstić information content (AvgIpc) is 2.83. The van der Waals surface area contributed by atoms with Crippen LogP contribution in [-0.2, 0) is 19.1 Å². The minimum absolute atomic E-state index is 0.0293. The Morgan fingerprint density at radius 1 is 1.12 bits per heavy atom. The third-order valence-corrected chi connectivity index (χ3v) is 6.12. The van der Waals surface area contributed by atoms with E-state index in [9.17, 15) is 19.2 Å². The highest BCUT2D eigenvalue weighted by molar-refractivity contribution is 5.95. The van der Waals surface area contributed by atoms with E-state index in [4.69, 9.17) is 4.74 Å². The van der Waals surface area contributed by atoms with Crippen molar-refractivity contribution < 1.29 is 23.9 Å². The second-order valence-electron chi connectivity index (χ2n) is 9.41. The normalized spacial score (nSPS) is 18.9. The largest absolute Gasteiger partial charge is 0.465 e. The summed E-state index contributed by atoms with van der Waals surface area (Å²) < 4.78 is 5.19. The molecule has 0 bridgehead atoms. The van der Waals surface area contributed by atoms with E-state index in [1.165, 1.54) is 11.3 Å². The highest BCUT2D eigenvalue weighted by atomic mass is 16.5. The van der Waals surface area contributed by atoms with Crippen LogP contribution in [0.5, 0.6) is 0 Å². The van der Waals surface area contributed by atoms with E-state index in [1.54, 1.807) is 24.3 Å². The first-order valence-electron chi connectivity index (χ1n) is 12.2. The van der Waals surface area contributed by atoms with Crippen molar-refractivity contribution in [2.45, 2.75) is 64.5 Å². The van der Waals surface area contributed by atoms with Gasteiger partial charge < -0.3 is 25.6 Å². The third kappa shape index (κ3) is 7.46. The van der Waals surface area contributed by atoms with Gasteiger partial charge in [0.2, 0.25) is 11.8 Å². The van der Waals surface area contributed by atoms with Gasteiger partial charge in [0.15, 0.2) is 0 Å². The highest BCUT2D eigenvalue weighted by Gasteiger charge is 2.35. The Kier molecular flexibility index (Phi) is 9.30. The summed E-state index contributed by atoms with van der Waals surface area (Å²) in [6.45, 7) is 4.77. The van der Waals surface area contributed by atoms with Gasteiger partial charge in [0.05, 0.1) is 19.6 Å². The van der Waals surface area contributed by atoms with E-state index in [-0.39, 0.29) is 49.3 Å². The number of esters is 1. The number of benzene rings is 1. The molecule has 3 amide bonds. The zero-order chi connectivity index (χ0) is 24.5. The van der Waals surface area contributed by atoms with Crippen LogP contribution in [0, 0.1) is 5.92 Å². The number of piperazine rings is 1. The molecular formula is C25H36N4O5. The third-order valence-electron chi connectivity index (χ3n) is 6.12. The van der Waals surface area contributed by atoms with Crippen LogP contribution in [-0.4, -0.2) is 66.9 Å². The molecule has 9 heteroatoms. The van der Waals surface area contributed by atoms with Crippen molar-refractivity contribution in [3.8, 4) is 0 Å². The van der Waals surface area contributed by atoms with E-state index < -0.39 is 12.0 Å². The number of rotatable bonds is 9. The van der Waals surface area contributed by atoms with Crippen molar-refractivity contribution in [3.63, 3.8) is 0 Å². The van der Waals surface area contributed by atoms with Crippen LogP contribution in [0.15, 0.2) is 24.3 Å². The van der Waals surface area contributed by atoms with Crippen LogP contribution in [0.25, 0.3) is 0 Å². The van der Waals surface area contributed by atoms with Gasteiger partial charge in [-0.05, 0) is 43.0 Å². The summed E-state index contributed by atoms with van der Waals surface area (Å²) in [6.07, 6.45) is 5.42. The minimum Gasteiger partial charge on any atom is -0.465 e. The SMILES string of the molecule is CC(C)COC(=O)CC1C(=O)NCCN1C(=O)CNc1ccc(C(=O)NC2CCCCC2)cc1. The lowest BCUT2D eigenvalue weighted by Gasteiger charge is -2.34. The molecule has 34 heavy (non-hydrogen) atoms. The van der Waals surface area contributed by atoms with Gasteiger partial charge in [-0.15, -0.1) is 0 Å². The first-order valence-corrected chi connectivity index (χ1v) is 12.2. The molecule has 1 aromatic carbocycles. The first kappa shape index (κ1) is 25.5. The number of carbonyl (C=O) groups excluding carboxylic acids is 4. The number of nitrogens with one attached hydrogen (secondary N) is 3. The van der Waals surface area contributed by atoms with Gasteiger partial charge in [-0.3, -0.25) is 19.2 Å². The molecule has 1 saturated carbocycles. The summed E-state index contributed by atoms with van der Waals surface area (Å²) in [5.41, 5.74) is 1.27. The van der Waals surface area contributed by atoms with Crippen molar-refractivity contribution in [2.24, 2.45) is 5.92 Å².